The van der Waals surface area contributed by atoms with Crippen molar-refractivity contribution in [2.75, 3.05) is 0 Å². The third kappa shape index (κ3) is 2.39. The number of phenols is 1. The quantitative estimate of drug-likeness (QED) is 0.812. The van der Waals surface area contributed by atoms with Crippen molar-refractivity contribution in [1.82, 2.24) is 0 Å². The largest absolute Gasteiger partial charge is 0.506 e. The molecule has 0 aliphatic heterocycles. The first-order chi connectivity index (χ1) is 6.52. The van der Waals surface area contributed by atoms with Crippen LogP contribution in [0.25, 0.3) is 0 Å². The van der Waals surface area contributed by atoms with Gasteiger partial charge in [-0.1, -0.05) is 17.7 Å². The highest BCUT2D eigenvalue weighted by molar-refractivity contribution is 6.32. The maximum Gasteiger partial charge on any atom is 0.303 e. The van der Waals surface area contributed by atoms with E-state index >= 15 is 0 Å². The Morgan fingerprint density at radius 3 is 2.71 bits per heavy atom. The summed E-state index contributed by atoms with van der Waals surface area (Å²) in [5, 5.41) is 18.3. The second-order valence-electron chi connectivity index (χ2n) is 3.09. The first kappa shape index (κ1) is 10.9. The van der Waals surface area contributed by atoms with Crippen LogP contribution in [0.15, 0.2) is 12.1 Å². The lowest BCUT2D eigenvalue weighted by Crippen LogP contribution is -1.99. The van der Waals surface area contributed by atoms with E-state index in [1.807, 2.05) is 6.92 Å². The van der Waals surface area contributed by atoms with Gasteiger partial charge in [0.1, 0.15) is 5.75 Å². The predicted molar refractivity (Wildman–Crippen MR) is 53.8 cm³/mol. The Labute approximate surface area is 86.9 Å². The van der Waals surface area contributed by atoms with Gasteiger partial charge in [0.2, 0.25) is 0 Å². The lowest BCUT2D eigenvalue weighted by Gasteiger charge is -2.08. The number of hydrogen-bond donors (Lipinski definition) is 2. The number of carbonyl (C=O) groups is 1. The summed E-state index contributed by atoms with van der Waals surface area (Å²) in [6, 6.07) is 3.36. The number of rotatable bonds is 3. The third-order valence-electron chi connectivity index (χ3n) is 2.06. The number of aromatic hydroxyl groups is 1. The van der Waals surface area contributed by atoms with Gasteiger partial charge >= 0.3 is 5.97 Å². The van der Waals surface area contributed by atoms with Crippen LogP contribution in [0.2, 0.25) is 5.02 Å². The van der Waals surface area contributed by atoms with Crippen LogP contribution in [-0.4, -0.2) is 16.2 Å². The highest BCUT2D eigenvalue weighted by Gasteiger charge is 2.10. The Kier molecular flexibility index (Phi) is 3.36. The van der Waals surface area contributed by atoms with Crippen molar-refractivity contribution in [2.45, 2.75) is 19.8 Å². The molecular weight excluding hydrogens is 204 g/mol. The zero-order valence-corrected chi connectivity index (χ0v) is 8.51. The van der Waals surface area contributed by atoms with E-state index in [1.165, 1.54) is 0 Å². The maximum atomic E-state index is 10.4. The van der Waals surface area contributed by atoms with Gasteiger partial charge in [0.05, 0.1) is 5.02 Å². The topological polar surface area (TPSA) is 57.5 Å². The summed E-state index contributed by atoms with van der Waals surface area (Å²) in [6.45, 7) is 1.81. The highest BCUT2D eigenvalue weighted by atomic mass is 35.5. The number of aryl methyl sites for hydroxylation is 1. The van der Waals surface area contributed by atoms with E-state index in [0.29, 0.717) is 12.0 Å². The highest BCUT2D eigenvalue weighted by Crippen LogP contribution is 2.30. The van der Waals surface area contributed by atoms with Gasteiger partial charge < -0.3 is 10.2 Å². The molecule has 0 aliphatic carbocycles. The number of carboxylic acids is 1. The fourth-order valence-corrected chi connectivity index (χ4v) is 1.43. The Bertz CT molecular complexity index is 361. The number of benzene rings is 1. The molecule has 0 atom stereocenters. The van der Waals surface area contributed by atoms with Crippen molar-refractivity contribution in [1.29, 1.82) is 0 Å². The number of halogens is 1. The molecule has 0 spiro atoms. The molecule has 0 unspecified atom stereocenters. The van der Waals surface area contributed by atoms with Gasteiger partial charge in [0, 0.05) is 6.42 Å². The standard InChI is InChI=1S/C10H11ClO3/c1-6-2-4-8(11)10(14)7(6)3-5-9(12)13/h2,4,14H,3,5H2,1H3,(H,12,13). The van der Waals surface area contributed by atoms with Gasteiger partial charge in [0.25, 0.3) is 0 Å². The minimum atomic E-state index is -0.885. The van der Waals surface area contributed by atoms with Crippen LogP contribution < -0.4 is 0 Å². The normalized spacial score (nSPS) is 10.1. The van der Waals surface area contributed by atoms with Gasteiger partial charge in [0.15, 0.2) is 0 Å². The van der Waals surface area contributed by atoms with Crippen LogP contribution in [0, 0.1) is 6.92 Å². The lowest BCUT2D eigenvalue weighted by atomic mass is 10.0. The van der Waals surface area contributed by atoms with Crippen LogP contribution in [0.1, 0.15) is 17.5 Å². The molecule has 76 valence electrons. The zero-order valence-electron chi connectivity index (χ0n) is 7.75. The minimum Gasteiger partial charge on any atom is -0.506 e. The second kappa shape index (κ2) is 4.33. The van der Waals surface area contributed by atoms with Crippen molar-refractivity contribution in [3.63, 3.8) is 0 Å². The summed E-state index contributed by atoms with van der Waals surface area (Å²) in [7, 11) is 0. The van der Waals surface area contributed by atoms with Gasteiger partial charge in [-0.05, 0) is 30.5 Å². The number of phenolic OH excluding ortho intramolecular Hbond substituents is 1. The average Bonchev–Trinajstić information content (AvgIpc) is 2.11. The molecule has 1 aromatic rings. The number of hydrogen-bond acceptors (Lipinski definition) is 2. The van der Waals surface area contributed by atoms with Crippen LogP contribution in [-0.2, 0) is 11.2 Å². The van der Waals surface area contributed by atoms with Crippen molar-refractivity contribution < 1.29 is 15.0 Å². The Balaban J connectivity index is 2.95. The average molecular weight is 215 g/mol. The Morgan fingerprint density at radius 1 is 1.50 bits per heavy atom. The zero-order chi connectivity index (χ0) is 10.7. The second-order valence-corrected chi connectivity index (χ2v) is 3.49. The molecule has 1 rings (SSSR count). The molecule has 14 heavy (non-hydrogen) atoms. The van der Waals surface area contributed by atoms with Crippen molar-refractivity contribution in [2.24, 2.45) is 0 Å². The van der Waals surface area contributed by atoms with E-state index in [9.17, 15) is 9.90 Å². The maximum absolute atomic E-state index is 10.4. The molecule has 0 saturated heterocycles. The summed E-state index contributed by atoms with van der Waals surface area (Å²) in [4.78, 5) is 10.4. The smallest absolute Gasteiger partial charge is 0.303 e. The summed E-state index contributed by atoms with van der Waals surface area (Å²) >= 11 is 5.70. The van der Waals surface area contributed by atoms with Crippen molar-refractivity contribution in [3.05, 3.63) is 28.3 Å². The van der Waals surface area contributed by atoms with E-state index in [-0.39, 0.29) is 17.2 Å². The summed E-state index contributed by atoms with van der Waals surface area (Å²) in [5.74, 6) is -0.892. The van der Waals surface area contributed by atoms with Crippen LogP contribution in [0.3, 0.4) is 0 Å². The fourth-order valence-electron chi connectivity index (χ4n) is 1.26. The molecule has 0 radical (unpaired) electrons. The number of carboxylic acid groups (broad SMARTS) is 1. The molecule has 0 aliphatic rings. The molecule has 4 heteroatoms. The van der Waals surface area contributed by atoms with Crippen LogP contribution in [0.5, 0.6) is 5.75 Å². The summed E-state index contributed by atoms with van der Waals surface area (Å²) < 4.78 is 0. The van der Waals surface area contributed by atoms with Gasteiger partial charge in [-0.25, -0.2) is 0 Å². The third-order valence-corrected chi connectivity index (χ3v) is 2.36. The van der Waals surface area contributed by atoms with Gasteiger partial charge in [-0.2, -0.15) is 0 Å². The van der Waals surface area contributed by atoms with E-state index in [4.69, 9.17) is 16.7 Å². The van der Waals surface area contributed by atoms with Gasteiger partial charge in [-0.3, -0.25) is 4.79 Å². The van der Waals surface area contributed by atoms with E-state index < -0.39 is 5.97 Å². The Hall–Kier alpha value is -1.22. The molecule has 2 N–H and O–H groups in total. The fraction of sp³-hybridized carbons (Fsp3) is 0.300. The molecular formula is C10H11ClO3. The van der Waals surface area contributed by atoms with Gasteiger partial charge in [-0.15, -0.1) is 0 Å². The van der Waals surface area contributed by atoms with Crippen LogP contribution >= 0.6 is 11.6 Å². The summed E-state index contributed by atoms with van der Waals surface area (Å²) in [5.41, 5.74) is 1.47. The molecule has 0 fully saturated rings. The monoisotopic (exact) mass is 214 g/mol. The summed E-state index contributed by atoms with van der Waals surface area (Å²) in [6.07, 6.45) is 0.294. The van der Waals surface area contributed by atoms with E-state index in [2.05, 4.69) is 0 Å². The lowest BCUT2D eigenvalue weighted by molar-refractivity contribution is -0.136. The first-order valence-electron chi connectivity index (χ1n) is 4.21. The number of aliphatic carboxylic acids is 1. The van der Waals surface area contributed by atoms with Crippen molar-refractivity contribution >= 4 is 17.6 Å². The van der Waals surface area contributed by atoms with Crippen LogP contribution in [0.4, 0.5) is 0 Å². The molecule has 0 aromatic heterocycles. The van der Waals surface area contributed by atoms with E-state index in [0.717, 1.165) is 5.56 Å². The molecule has 0 saturated carbocycles. The van der Waals surface area contributed by atoms with E-state index in [1.54, 1.807) is 12.1 Å². The minimum absolute atomic E-state index is 0.00522. The SMILES string of the molecule is Cc1ccc(Cl)c(O)c1CCC(=O)O. The molecule has 0 bridgehead atoms. The molecule has 1 aromatic carbocycles. The molecule has 3 nitrogen and oxygen atoms in total. The molecule has 0 heterocycles. The van der Waals surface area contributed by atoms with Crippen molar-refractivity contribution in [3.8, 4) is 5.75 Å². The Morgan fingerprint density at radius 2 is 2.14 bits per heavy atom. The molecule has 0 amide bonds. The first-order valence-corrected chi connectivity index (χ1v) is 4.59. The predicted octanol–water partition coefficient (Wildman–Crippen LogP) is 2.37.